The van der Waals surface area contributed by atoms with Crippen LogP contribution in [0.2, 0.25) is 0 Å². The van der Waals surface area contributed by atoms with Crippen molar-refractivity contribution in [2.24, 2.45) is 0 Å². The molecule has 106 valence electrons. The quantitative estimate of drug-likeness (QED) is 0.576. The molecule has 0 saturated carbocycles. The van der Waals surface area contributed by atoms with E-state index in [4.69, 9.17) is 10.5 Å². The Balaban J connectivity index is 1.51. The molecule has 0 saturated heterocycles. The van der Waals surface area contributed by atoms with Crippen LogP contribution in [0, 0.1) is 0 Å². The van der Waals surface area contributed by atoms with E-state index in [1.807, 2.05) is 30.3 Å². The highest BCUT2D eigenvalue weighted by Crippen LogP contribution is 2.10. The summed E-state index contributed by atoms with van der Waals surface area (Å²) >= 11 is 0. The Morgan fingerprint density at radius 2 is 1.50 bits per heavy atom. The van der Waals surface area contributed by atoms with Crippen molar-refractivity contribution in [3.8, 4) is 0 Å². The fourth-order valence-corrected chi connectivity index (χ4v) is 2.16. The molecule has 0 aliphatic carbocycles. The Labute approximate surface area is 121 Å². The van der Waals surface area contributed by atoms with E-state index in [2.05, 4.69) is 24.3 Å². The molecule has 0 fully saturated rings. The lowest BCUT2D eigenvalue weighted by molar-refractivity contribution is 0.117. The van der Waals surface area contributed by atoms with Crippen molar-refractivity contribution in [1.82, 2.24) is 0 Å². The molecular formula is C18H23NO. The van der Waals surface area contributed by atoms with Crippen LogP contribution in [0.3, 0.4) is 0 Å². The van der Waals surface area contributed by atoms with Crippen LogP contribution in [0.5, 0.6) is 0 Å². The maximum absolute atomic E-state index is 5.67. The number of hydrogen-bond acceptors (Lipinski definition) is 2. The molecule has 2 aromatic carbocycles. The summed E-state index contributed by atoms with van der Waals surface area (Å²) in [5.74, 6) is 0. The van der Waals surface area contributed by atoms with Gasteiger partial charge in [0, 0.05) is 12.3 Å². The van der Waals surface area contributed by atoms with Gasteiger partial charge in [-0.05, 0) is 42.5 Å². The average Bonchev–Trinajstić information content (AvgIpc) is 2.49. The Hall–Kier alpha value is -1.80. The molecule has 0 aromatic heterocycles. The van der Waals surface area contributed by atoms with E-state index in [1.165, 1.54) is 24.0 Å². The van der Waals surface area contributed by atoms with Gasteiger partial charge in [0.1, 0.15) is 0 Å². The Morgan fingerprint density at radius 3 is 2.25 bits per heavy atom. The molecule has 0 bridgehead atoms. The second-order valence-electron chi connectivity index (χ2n) is 5.09. The van der Waals surface area contributed by atoms with Gasteiger partial charge in [0.05, 0.1) is 6.61 Å². The number of anilines is 1. The normalized spacial score (nSPS) is 10.6. The number of aryl methyl sites for hydroxylation is 1. The van der Waals surface area contributed by atoms with Crippen LogP contribution in [0.1, 0.15) is 30.4 Å². The van der Waals surface area contributed by atoms with Crippen molar-refractivity contribution in [3.63, 3.8) is 0 Å². The third kappa shape index (κ3) is 5.45. The first-order valence-corrected chi connectivity index (χ1v) is 7.31. The molecule has 2 heteroatoms. The predicted octanol–water partition coefficient (Wildman–Crippen LogP) is 4.20. The van der Waals surface area contributed by atoms with E-state index in [0.29, 0.717) is 0 Å². The lowest BCUT2D eigenvalue weighted by Gasteiger charge is -2.05. The summed E-state index contributed by atoms with van der Waals surface area (Å²) < 4.78 is 5.67. The summed E-state index contributed by atoms with van der Waals surface area (Å²) in [5.41, 5.74) is 9.11. The van der Waals surface area contributed by atoms with E-state index in [1.54, 1.807) is 0 Å². The maximum Gasteiger partial charge on any atom is 0.0716 e. The number of unbranched alkanes of at least 4 members (excludes halogenated alkanes) is 2. The third-order valence-electron chi connectivity index (χ3n) is 3.35. The van der Waals surface area contributed by atoms with Crippen LogP contribution in [0.15, 0.2) is 54.6 Å². The van der Waals surface area contributed by atoms with E-state index in [-0.39, 0.29) is 0 Å². The zero-order valence-electron chi connectivity index (χ0n) is 11.9. The second kappa shape index (κ2) is 8.39. The highest BCUT2D eigenvalue weighted by molar-refractivity contribution is 5.39. The third-order valence-corrected chi connectivity index (χ3v) is 3.35. The molecule has 2 nitrogen and oxygen atoms in total. The molecule has 2 aromatic rings. The largest absolute Gasteiger partial charge is 0.399 e. The molecule has 0 atom stereocenters. The van der Waals surface area contributed by atoms with E-state index in [0.717, 1.165) is 31.7 Å². The van der Waals surface area contributed by atoms with Gasteiger partial charge in [0.2, 0.25) is 0 Å². The van der Waals surface area contributed by atoms with Crippen LogP contribution in [0.4, 0.5) is 5.69 Å². The van der Waals surface area contributed by atoms with Crippen LogP contribution in [-0.4, -0.2) is 6.61 Å². The minimum atomic E-state index is 0.721. The van der Waals surface area contributed by atoms with Crippen molar-refractivity contribution in [1.29, 1.82) is 0 Å². The fourth-order valence-electron chi connectivity index (χ4n) is 2.16. The summed E-state index contributed by atoms with van der Waals surface area (Å²) in [4.78, 5) is 0. The van der Waals surface area contributed by atoms with Gasteiger partial charge in [0.15, 0.2) is 0 Å². The first-order valence-electron chi connectivity index (χ1n) is 7.31. The van der Waals surface area contributed by atoms with Crippen LogP contribution in [0.25, 0.3) is 0 Å². The van der Waals surface area contributed by atoms with Gasteiger partial charge in [-0.25, -0.2) is 0 Å². The first kappa shape index (κ1) is 14.6. The molecule has 0 unspecified atom stereocenters. The number of nitrogens with two attached hydrogens (primary N) is 1. The maximum atomic E-state index is 5.67. The summed E-state index contributed by atoms with van der Waals surface area (Å²) in [6.07, 6.45) is 4.67. The van der Waals surface area contributed by atoms with Crippen LogP contribution >= 0.6 is 0 Å². The minimum Gasteiger partial charge on any atom is -0.399 e. The van der Waals surface area contributed by atoms with Gasteiger partial charge in [-0.15, -0.1) is 0 Å². The highest BCUT2D eigenvalue weighted by atomic mass is 16.5. The smallest absolute Gasteiger partial charge is 0.0716 e. The van der Waals surface area contributed by atoms with Crippen molar-refractivity contribution in [2.45, 2.75) is 32.3 Å². The highest BCUT2D eigenvalue weighted by Gasteiger charge is 1.95. The molecule has 20 heavy (non-hydrogen) atoms. The van der Waals surface area contributed by atoms with Gasteiger partial charge in [0.25, 0.3) is 0 Å². The first-order chi connectivity index (χ1) is 9.84. The lowest BCUT2D eigenvalue weighted by Crippen LogP contribution is -1.96. The molecule has 2 N–H and O–H groups in total. The average molecular weight is 269 g/mol. The summed E-state index contributed by atoms with van der Waals surface area (Å²) in [6.45, 7) is 1.56. The monoisotopic (exact) mass is 269 g/mol. The summed E-state index contributed by atoms with van der Waals surface area (Å²) in [6, 6.07) is 18.5. The number of nitrogen functional groups attached to an aromatic ring is 1. The number of benzene rings is 2. The van der Waals surface area contributed by atoms with E-state index in [9.17, 15) is 0 Å². The molecule has 0 aliphatic rings. The van der Waals surface area contributed by atoms with Crippen molar-refractivity contribution in [3.05, 3.63) is 65.7 Å². The number of hydrogen-bond donors (Lipinski definition) is 1. The number of ether oxygens (including phenoxy) is 1. The van der Waals surface area contributed by atoms with E-state index < -0.39 is 0 Å². The Bertz CT molecular complexity index is 479. The summed E-state index contributed by atoms with van der Waals surface area (Å²) in [7, 11) is 0. The van der Waals surface area contributed by atoms with E-state index >= 15 is 0 Å². The Kier molecular flexibility index (Phi) is 6.12. The minimum absolute atomic E-state index is 0.721. The zero-order valence-corrected chi connectivity index (χ0v) is 11.9. The fraction of sp³-hybridized carbons (Fsp3) is 0.333. The van der Waals surface area contributed by atoms with Crippen molar-refractivity contribution >= 4 is 5.69 Å². The molecule has 0 aliphatic heterocycles. The van der Waals surface area contributed by atoms with Crippen molar-refractivity contribution < 1.29 is 4.74 Å². The van der Waals surface area contributed by atoms with Crippen molar-refractivity contribution in [2.75, 3.05) is 12.3 Å². The molecule has 0 heterocycles. The lowest BCUT2D eigenvalue weighted by atomic mass is 10.1. The molecular weight excluding hydrogens is 246 g/mol. The molecule has 0 spiro atoms. The van der Waals surface area contributed by atoms with Crippen LogP contribution < -0.4 is 5.73 Å². The van der Waals surface area contributed by atoms with Gasteiger partial charge in [-0.2, -0.15) is 0 Å². The van der Waals surface area contributed by atoms with Gasteiger partial charge >= 0.3 is 0 Å². The SMILES string of the molecule is Nc1ccc(CCCCCOCc2ccccc2)cc1. The molecule has 0 radical (unpaired) electrons. The van der Waals surface area contributed by atoms with Gasteiger partial charge in [-0.1, -0.05) is 48.9 Å². The zero-order chi connectivity index (χ0) is 14.0. The van der Waals surface area contributed by atoms with Gasteiger partial charge < -0.3 is 10.5 Å². The number of rotatable bonds is 8. The summed E-state index contributed by atoms with van der Waals surface area (Å²) in [5, 5.41) is 0. The molecule has 0 amide bonds. The Morgan fingerprint density at radius 1 is 0.750 bits per heavy atom. The predicted molar refractivity (Wildman–Crippen MR) is 84.5 cm³/mol. The standard InChI is InChI=1S/C18H23NO/c19-18-12-10-16(11-13-18)7-5-2-6-14-20-15-17-8-3-1-4-9-17/h1,3-4,8-13H,2,5-7,14-15,19H2. The molecule has 2 rings (SSSR count). The van der Waals surface area contributed by atoms with Gasteiger partial charge in [-0.3, -0.25) is 0 Å². The topological polar surface area (TPSA) is 35.2 Å². The second-order valence-corrected chi connectivity index (χ2v) is 5.09. The van der Waals surface area contributed by atoms with Crippen LogP contribution in [-0.2, 0) is 17.8 Å².